The SMILES string of the molecule is CCNC(=NCc1ccc(N2CCCCCC2)nc1)NC1CCC(SC)C1. The van der Waals surface area contributed by atoms with Crippen molar-refractivity contribution in [2.24, 2.45) is 4.99 Å². The maximum absolute atomic E-state index is 4.79. The Balaban J connectivity index is 1.55. The van der Waals surface area contributed by atoms with Gasteiger partial charge in [-0.3, -0.25) is 0 Å². The molecule has 1 aliphatic heterocycles. The lowest BCUT2D eigenvalue weighted by molar-refractivity contribution is 0.615. The molecule has 2 aliphatic rings. The Labute approximate surface area is 168 Å². The highest BCUT2D eigenvalue weighted by Gasteiger charge is 2.24. The fourth-order valence-corrected chi connectivity index (χ4v) is 4.76. The van der Waals surface area contributed by atoms with E-state index >= 15 is 0 Å². The van der Waals surface area contributed by atoms with E-state index in [0.29, 0.717) is 12.6 Å². The molecule has 0 aromatic carbocycles. The molecule has 2 heterocycles. The average Bonchev–Trinajstić information content (AvgIpc) is 2.97. The second-order valence-electron chi connectivity index (χ2n) is 7.63. The summed E-state index contributed by atoms with van der Waals surface area (Å²) in [5.41, 5.74) is 1.17. The third-order valence-corrected chi connectivity index (χ3v) is 6.66. The van der Waals surface area contributed by atoms with Gasteiger partial charge in [0.05, 0.1) is 6.54 Å². The minimum Gasteiger partial charge on any atom is -0.357 e. The van der Waals surface area contributed by atoms with Gasteiger partial charge in [0.25, 0.3) is 0 Å². The van der Waals surface area contributed by atoms with Crippen LogP contribution in [0, 0.1) is 0 Å². The zero-order valence-electron chi connectivity index (χ0n) is 16.9. The van der Waals surface area contributed by atoms with E-state index in [1.807, 2.05) is 18.0 Å². The van der Waals surface area contributed by atoms with Crippen molar-refractivity contribution in [1.82, 2.24) is 15.6 Å². The van der Waals surface area contributed by atoms with E-state index in [0.717, 1.165) is 36.7 Å². The molecule has 2 unspecified atom stereocenters. The number of hydrogen-bond acceptors (Lipinski definition) is 4. The van der Waals surface area contributed by atoms with Gasteiger partial charge in [0, 0.05) is 37.1 Å². The summed E-state index contributed by atoms with van der Waals surface area (Å²) in [5.74, 6) is 2.05. The van der Waals surface area contributed by atoms with Crippen LogP contribution >= 0.6 is 11.8 Å². The predicted octanol–water partition coefficient (Wildman–Crippen LogP) is 3.80. The van der Waals surface area contributed by atoms with Gasteiger partial charge in [0.1, 0.15) is 5.82 Å². The molecule has 3 rings (SSSR count). The Kier molecular flexibility index (Phi) is 8.11. The average molecular weight is 390 g/mol. The van der Waals surface area contributed by atoms with Crippen LogP contribution in [0.15, 0.2) is 23.3 Å². The maximum Gasteiger partial charge on any atom is 0.191 e. The topological polar surface area (TPSA) is 52.6 Å². The predicted molar refractivity (Wildman–Crippen MR) is 118 cm³/mol. The first kappa shape index (κ1) is 20.3. The van der Waals surface area contributed by atoms with Crippen molar-refractivity contribution in [3.05, 3.63) is 23.9 Å². The molecule has 1 aromatic heterocycles. The van der Waals surface area contributed by atoms with Gasteiger partial charge < -0.3 is 15.5 Å². The van der Waals surface area contributed by atoms with Gasteiger partial charge in [-0.15, -0.1) is 0 Å². The summed E-state index contributed by atoms with van der Waals surface area (Å²) in [6.07, 6.45) is 13.2. The molecule has 5 nitrogen and oxygen atoms in total. The maximum atomic E-state index is 4.79. The smallest absolute Gasteiger partial charge is 0.191 e. The standard InChI is InChI=1S/C21H35N5S/c1-3-22-21(25-18-9-10-19(14-18)27-2)24-16-17-8-11-20(23-15-17)26-12-6-4-5-7-13-26/h8,11,15,18-19H,3-7,9-10,12-14,16H2,1-2H3,(H2,22,24,25). The molecule has 0 bridgehead atoms. The summed E-state index contributed by atoms with van der Waals surface area (Å²) in [7, 11) is 0. The number of aromatic nitrogens is 1. The molecule has 1 saturated heterocycles. The second kappa shape index (κ2) is 10.8. The molecule has 150 valence electrons. The van der Waals surface area contributed by atoms with Gasteiger partial charge >= 0.3 is 0 Å². The lowest BCUT2D eigenvalue weighted by Gasteiger charge is -2.21. The van der Waals surface area contributed by atoms with Crippen LogP contribution in [0.5, 0.6) is 0 Å². The molecule has 0 radical (unpaired) electrons. The van der Waals surface area contributed by atoms with Crippen LogP contribution in [0.25, 0.3) is 0 Å². The van der Waals surface area contributed by atoms with Gasteiger partial charge in [-0.1, -0.05) is 18.9 Å². The number of nitrogens with zero attached hydrogens (tertiary/aromatic N) is 3. The number of rotatable bonds is 6. The van der Waals surface area contributed by atoms with Crippen LogP contribution in [0.3, 0.4) is 0 Å². The normalized spacial score (nSPS) is 23.9. The Bertz CT molecular complexity index is 581. The van der Waals surface area contributed by atoms with Gasteiger partial charge in [-0.2, -0.15) is 11.8 Å². The highest BCUT2D eigenvalue weighted by molar-refractivity contribution is 7.99. The quantitative estimate of drug-likeness (QED) is 0.572. The van der Waals surface area contributed by atoms with Gasteiger partial charge in [-0.05, 0) is 56.9 Å². The fraction of sp³-hybridized carbons (Fsp3) is 0.714. The molecule has 1 aliphatic carbocycles. The largest absolute Gasteiger partial charge is 0.357 e. The Morgan fingerprint density at radius 2 is 2.04 bits per heavy atom. The van der Waals surface area contributed by atoms with E-state index in [4.69, 9.17) is 9.98 Å². The minimum atomic E-state index is 0.545. The fourth-order valence-electron chi connectivity index (χ4n) is 3.97. The number of nitrogens with one attached hydrogen (secondary N) is 2. The molecule has 2 fully saturated rings. The molecule has 2 N–H and O–H groups in total. The first-order valence-electron chi connectivity index (χ1n) is 10.6. The highest BCUT2D eigenvalue weighted by atomic mass is 32.2. The van der Waals surface area contributed by atoms with Crippen LogP contribution in [-0.4, -0.2) is 48.1 Å². The summed E-state index contributed by atoms with van der Waals surface area (Å²) < 4.78 is 0. The van der Waals surface area contributed by atoms with Crippen molar-refractivity contribution in [3.63, 3.8) is 0 Å². The molecule has 2 atom stereocenters. The van der Waals surface area contributed by atoms with Crippen LogP contribution in [0.4, 0.5) is 5.82 Å². The van der Waals surface area contributed by atoms with E-state index in [9.17, 15) is 0 Å². The van der Waals surface area contributed by atoms with Crippen LogP contribution in [-0.2, 0) is 6.54 Å². The van der Waals surface area contributed by atoms with E-state index in [2.05, 4.69) is 40.8 Å². The van der Waals surface area contributed by atoms with Crippen LogP contribution in [0.1, 0.15) is 57.4 Å². The molecular weight excluding hydrogens is 354 g/mol. The van der Waals surface area contributed by atoms with Crippen LogP contribution in [0.2, 0.25) is 0 Å². The Morgan fingerprint density at radius 1 is 1.22 bits per heavy atom. The number of hydrogen-bond donors (Lipinski definition) is 2. The van der Waals surface area contributed by atoms with Gasteiger partial charge in [0.15, 0.2) is 5.96 Å². The van der Waals surface area contributed by atoms with E-state index in [-0.39, 0.29) is 0 Å². The molecule has 1 saturated carbocycles. The van der Waals surface area contributed by atoms with Crippen molar-refractivity contribution >= 4 is 23.5 Å². The first-order chi connectivity index (χ1) is 13.3. The molecule has 1 aromatic rings. The van der Waals surface area contributed by atoms with Crippen molar-refractivity contribution < 1.29 is 0 Å². The molecule has 0 amide bonds. The first-order valence-corrected chi connectivity index (χ1v) is 11.8. The summed E-state index contributed by atoms with van der Waals surface area (Å²) in [4.78, 5) is 11.9. The number of aliphatic imine (C=N–C) groups is 1. The number of pyridine rings is 1. The van der Waals surface area contributed by atoms with Crippen molar-refractivity contribution in [2.75, 3.05) is 30.8 Å². The Morgan fingerprint density at radius 3 is 2.67 bits per heavy atom. The van der Waals surface area contributed by atoms with Crippen molar-refractivity contribution in [1.29, 1.82) is 0 Å². The summed E-state index contributed by atoms with van der Waals surface area (Å²) >= 11 is 1.99. The summed E-state index contributed by atoms with van der Waals surface area (Å²) in [6, 6.07) is 4.89. The molecule has 0 spiro atoms. The van der Waals surface area contributed by atoms with Gasteiger partial charge in [0.2, 0.25) is 0 Å². The van der Waals surface area contributed by atoms with Crippen LogP contribution < -0.4 is 15.5 Å². The van der Waals surface area contributed by atoms with Crippen molar-refractivity contribution in [2.45, 2.75) is 69.7 Å². The Hall–Kier alpha value is -1.43. The monoisotopic (exact) mass is 389 g/mol. The zero-order valence-corrected chi connectivity index (χ0v) is 17.7. The number of thioether (sulfide) groups is 1. The third kappa shape index (κ3) is 6.30. The van der Waals surface area contributed by atoms with E-state index in [1.54, 1.807) is 0 Å². The second-order valence-corrected chi connectivity index (χ2v) is 8.77. The van der Waals surface area contributed by atoms with Crippen molar-refractivity contribution in [3.8, 4) is 0 Å². The molecule has 27 heavy (non-hydrogen) atoms. The summed E-state index contributed by atoms with van der Waals surface area (Å²) in [5, 5.41) is 7.80. The number of guanidine groups is 1. The summed E-state index contributed by atoms with van der Waals surface area (Å²) in [6.45, 7) is 5.95. The van der Waals surface area contributed by atoms with Gasteiger partial charge in [-0.25, -0.2) is 9.98 Å². The lowest BCUT2D eigenvalue weighted by Crippen LogP contribution is -2.42. The highest BCUT2D eigenvalue weighted by Crippen LogP contribution is 2.28. The molecule has 6 heteroatoms. The number of anilines is 1. The zero-order chi connectivity index (χ0) is 18.9. The van der Waals surface area contributed by atoms with E-state index < -0.39 is 0 Å². The molecular formula is C21H35N5S. The third-order valence-electron chi connectivity index (χ3n) is 5.56. The lowest BCUT2D eigenvalue weighted by atomic mass is 10.2. The minimum absolute atomic E-state index is 0.545. The van der Waals surface area contributed by atoms with E-state index in [1.165, 1.54) is 50.5 Å².